The highest BCUT2D eigenvalue weighted by atomic mass is 16.2. The first-order chi connectivity index (χ1) is 9.15. The van der Waals surface area contributed by atoms with E-state index in [1.165, 1.54) is 6.42 Å². The molecule has 0 unspecified atom stereocenters. The largest absolute Gasteiger partial charge is 0.341 e. The van der Waals surface area contributed by atoms with E-state index in [0.717, 1.165) is 26.2 Å². The summed E-state index contributed by atoms with van der Waals surface area (Å²) in [5.74, 6) is 1.47. The Balaban J connectivity index is 1.66. The second kappa shape index (κ2) is 6.70. The molecule has 1 aromatic rings. The number of rotatable bonds is 5. The van der Waals surface area contributed by atoms with Crippen LogP contribution in [0, 0.1) is 11.8 Å². The van der Waals surface area contributed by atoms with Gasteiger partial charge < -0.3 is 10.2 Å². The van der Waals surface area contributed by atoms with Crippen molar-refractivity contribution in [3.05, 3.63) is 18.5 Å². The van der Waals surface area contributed by atoms with Crippen molar-refractivity contribution >= 4 is 5.91 Å². The molecule has 0 spiro atoms. The molecule has 1 N–H and O–H groups in total. The average Bonchev–Trinajstić information content (AvgIpc) is 2.86. The zero-order chi connectivity index (χ0) is 13.7. The summed E-state index contributed by atoms with van der Waals surface area (Å²) in [6, 6.07) is 1.90. The number of nitrogens with one attached hydrogen (secondary N) is 1. The lowest BCUT2D eigenvalue weighted by molar-refractivity contribution is -0.132. The van der Waals surface area contributed by atoms with Gasteiger partial charge in [-0.2, -0.15) is 5.10 Å². The minimum atomic E-state index is 0.221. The summed E-state index contributed by atoms with van der Waals surface area (Å²) in [6.07, 6.45) is 4.93. The fourth-order valence-electron chi connectivity index (χ4n) is 2.80. The standard InChI is InChI=1S/C14H24N4O/c1-12-8-13(2)11-17(10-12)14(19)9-15-5-7-18-6-3-4-16-18/h3-4,6,12-13,15H,5,7-11H2,1-2H3/t12-,13-/m1/s1. The monoisotopic (exact) mass is 264 g/mol. The molecule has 1 aliphatic rings. The van der Waals surface area contributed by atoms with Gasteiger partial charge in [-0.15, -0.1) is 0 Å². The van der Waals surface area contributed by atoms with E-state index in [-0.39, 0.29) is 5.91 Å². The van der Waals surface area contributed by atoms with Crippen LogP contribution in [0.3, 0.4) is 0 Å². The lowest BCUT2D eigenvalue weighted by Crippen LogP contribution is -2.46. The van der Waals surface area contributed by atoms with Crippen LogP contribution in [-0.4, -0.2) is 46.8 Å². The molecule has 1 aliphatic heterocycles. The van der Waals surface area contributed by atoms with E-state index in [1.807, 2.05) is 21.8 Å². The van der Waals surface area contributed by atoms with Crippen LogP contribution < -0.4 is 5.32 Å². The summed E-state index contributed by atoms with van der Waals surface area (Å²) in [4.78, 5) is 14.1. The van der Waals surface area contributed by atoms with Crippen LogP contribution in [0.2, 0.25) is 0 Å². The third-order valence-electron chi connectivity index (χ3n) is 3.57. The van der Waals surface area contributed by atoms with E-state index in [1.54, 1.807) is 6.20 Å². The van der Waals surface area contributed by atoms with Gasteiger partial charge in [0, 0.05) is 32.0 Å². The van der Waals surface area contributed by atoms with Gasteiger partial charge in [-0.25, -0.2) is 0 Å². The molecule has 1 aromatic heterocycles. The number of carbonyl (C=O) groups is 1. The Hall–Kier alpha value is -1.36. The fourth-order valence-corrected chi connectivity index (χ4v) is 2.80. The van der Waals surface area contributed by atoms with E-state index in [2.05, 4.69) is 24.3 Å². The number of piperidine rings is 1. The van der Waals surface area contributed by atoms with Gasteiger partial charge in [0.1, 0.15) is 0 Å². The highest BCUT2D eigenvalue weighted by molar-refractivity contribution is 5.78. The molecule has 0 aliphatic carbocycles. The summed E-state index contributed by atoms with van der Waals surface area (Å²) in [6.45, 7) is 8.26. The van der Waals surface area contributed by atoms with Gasteiger partial charge in [0.2, 0.25) is 5.91 Å². The Bertz CT molecular complexity index is 380. The van der Waals surface area contributed by atoms with Gasteiger partial charge in [0.15, 0.2) is 0 Å². The van der Waals surface area contributed by atoms with Crippen LogP contribution in [0.15, 0.2) is 18.5 Å². The summed E-state index contributed by atoms with van der Waals surface area (Å²) < 4.78 is 1.86. The maximum atomic E-state index is 12.1. The van der Waals surface area contributed by atoms with Gasteiger partial charge >= 0.3 is 0 Å². The van der Waals surface area contributed by atoms with Crippen molar-refractivity contribution in [1.29, 1.82) is 0 Å². The molecule has 2 rings (SSSR count). The van der Waals surface area contributed by atoms with Crippen LogP contribution in [-0.2, 0) is 11.3 Å². The summed E-state index contributed by atoms with van der Waals surface area (Å²) in [5.41, 5.74) is 0. The van der Waals surface area contributed by atoms with Gasteiger partial charge in [-0.05, 0) is 24.3 Å². The second-order valence-corrected chi connectivity index (χ2v) is 5.69. The Labute approximate surface area is 115 Å². The topological polar surface area (TPSA) is 50.2 Å². The molecule has 106 valence electrons. The summed E-state index contributed by atoms with van der Waals surface area (Å²) in [5, 5.41) is 7.32. The van der Waals surface area contributed by atoms with Gasteiger partial charge in [0.05, 0.1) is 13.1 Å². The normalized spacial score (nSPS) is 23.6. The first kappa shape index (κ1) is 14.1. The number of likely N-dealkylation sites (tertiary alicyclic amines) is 1. The molecule has 0 radical (unpaired) electrons. The predicted molar refractivity (Wildman–Crippen MR) is 74.6 cm³/mol. The van der Waals surface area contributed by atoms with Crippen LogP contribution in [0.5, 0.6) is 0 Å². The van der Waals surface area contributed by atoms with Crippen molar-refractivity contribution in [2.75, 3.05) is 26.2 Å². The lowest BCUT2D eigenvalue weighted by Gasteiger charge is -2.35. The van der Waals surface area contributed by atoms with Crippen molar-refractivity contribution in [3.63, 3.8) is 0 Å². The molecule has 1 amide bonds. The Morgan fingerprint density at radius 1 is 1.37 bits per heavy atom. The molecule has 5 nitrogen and oxygen atoms in total. The number of nitrogens with zero attached hydrogens (tertiary/aromatic N) is 3. The molecule has 1 fully saturated rings. The first-order valence-corrected chi connectivity index (χ1v) is 7.11. The molecule has 0 aromatic carbocycles. The minimum Gasteiger partial charge on any atom is -0.341 e. The van der Waals surface area contributed by atoms with E-state index < -0.39 is 0 Å². The Morgan fingerprint density at radius 3 is 2.74 bits per heavy atom. The quantitative estimate of drug-likeness (QED) is 0.807. The third kappa shape index (κ3) is 4.35. The average molecular weight is 264 g/mol. The van der Waals surface area contributed by atoms with Crippen LogP contribution >= 0.6 is 0 Å². The van der Waals surface area contributed by atoms with Crippen LogP contribution in [0.25, 0.3) is 0 Å². The smallest absolute Gasteiger partial charge is 0.236 e. The zero-order valence-corrected chi connectivity index (χ0v) is 11.9. The van der Waals surface area contributed by atoms with Crippen molar-refractivity contribution in [3.8, 4) is 0 Å². The molecule has 0 saturated carbocycles. The summed E-state index contributed by atoms with van der Waals surface area (Å²) in [7, 11) is 0. The van der Waals surface area contributed by atoms with E-state index >= 15 is 0 Å². The fraction of sp³-hybridized carbons (Fsp3) is 0.714. The SMILES string of the molecule is C[C@@H]1C[C@@H](C)CN(C(=O)CNCCn2cccn2)C1. The number of hydrogen-bond donors (Lipinski definition) is 1. The van der Waals surface area contributed by atoms with Crippen molar-refractivity contribution in [1.82, 2.24) is 20.0 Å². The highest BCUT2D eigenvalue weighted by Gasteiger charge is 2.24. The predicted octanol–water partition coefficient (Wildman–Crippen LogP) is 0.977. The van der Waals surface area contributed by atoms with Crippen LogP contribution in [0.4, 0.5) is 0 Å². The van der Waals surface area contributed by atoms with Gasteiger partial charge in [0.25, 0.3) is 0 Å². The lowest BCUT2D eigenvalue weighted by atomic mass is 9.92. The summed E-state index contributed by atoms with van der Waals surface area (Å²) >= 11 is 0. The third-order valence-corrected chi connectivity index (χ3v) is 3.57. The van der Waals surface area contributed by atoms with Gasteiger partial charge in [-0.3, -0.25) is 9.48 Å². The number of amides is 1. The Morgan fingerprint density at radius 2 is 2.11 bits per heavy atom. The van der Waals surface area contributed by atoms with E-state index in [4.69, 9.17) is 0 Å². The van der Waals surface area contributed by atoms with E-state index in [9.17, 15) is 4.79 Å². The van der Waals surface area contributed by atoms with Crippen molar-refractivity contribution in [2.24, 2.45) is 11.8 Å². The number of aromatic nitrogens is 2. The number of carbonyl (C=O) groups excluding carboxylic acids is 1. The molecule has 19 heavy (non-hydrogen) atoms. The maximum Gasteiger partial charge on any atom is 0.236 e. The molecule has 2 atom stereocenters. The molecule has 1 saturated heterocycles. The first-order valence-electron chi connectivity index (χ1n) is 7.11. The number of hydrogen-bond acceptors (Lipinski definition) is 3. The van der Waals surface area contributed by atoms with Crippen LogP contribution in [0.1, 0.15) is 20.3 Å². The minimum absolute atomic E-state index is 0.221. The zero-order valence-electron chi connectivity index (χ0n) is 11.9. The molecule has 0 bridgehead atoms. The Kier molecular flexibility index (Phi) is 4.96. The highest BCUT2D eigenvalue weighted by Crippen LogP contribution is 2.20. The van der Waals surface area contributed by atoms with Crippen molar-refractivity contribution in [2.45, 2.75) is 26.8 Å². The van der Waals surface area contributed by atoms with Crippen molar-refractivity contribution < 1.29 is 4.79 Å². The van der Waals surface area contributed by atoms with Gasteiger partial charge in [-0.1, -0.05) is 13.8 Å². The van der Waals surface area contributed by atoms with E-state index in [0.29, 0.717) is 18.4 Å². The molecule has 5 heteroatoms. The maximum absolute atomic E-state index is 12.1. The second-order valence-electron chi connectivity index (χ2n) is 5.69. The molecular weight excluding hydrogens is 240 g/mol. The molecular formula is C14H24N4O. The molecule has 2 heterocycles.